The normalized spacial score (nSPS) is 21.2. The minimum absolute atomic E-state index is 0.0315. The number of nitrogens with zero attached hydrogens (tertiary/aromatic N) is 3. The number of fused-ring (bicyclic) bond motifs is 1. The van der Waals surface area contributed by atoms with Gasteiger partial charge in [0.25, 0.3) is 0 Å². The van der Waals surface area contributed by atoms with Crippen LogP contribution in [-0.4, -0.2) is 51.2 Å². The molecule has 0 unspecified atom stereocenters. The third kappa shape index (κ3) is 5.12. The molecule has 0 radical (unpaired) electrons. The largest absolute Gasteiger partial charge is 0.477 e. The Labute approximate surface area is 216 Å². The van der Waals surface area contributed by atoms with Gasteiger partial charge in [0.1, 0.15) is 11.2 Å². The molecule has 2 aliphatic rings. The van der Waals surface area contributed by atoms with Gasteiger partial charge in [-0.3, -0.25) is 9.69 Å². The number of hydrogen-bond acceptors (Lipinski definition) is 6. The molecule has 1 fully saturated rings. The van der Waals surface area contributed by atoms with Crippen molar-refractivity contribution in [3.63, 3.8) is 0 Å². The van der Waals surface area contributed by atoms with Crippen molar-refractivity contribution in [3.05, 3.63) is 64.0 Å². The fourth-order valence-corrected chi connectivity index (χ4v) is 8.40. The Balaban J connectivity index is 1.46. The highest BCUT2D eigenvalue weighted by atomic mass is 32.2. The van der Waals surface area contributed by atoms with E-state index in [2.05, 4.69) is 55.5 Å². The first-order valence-corrected chi connectivity index (χ1v) is 16.5. The molecule has 10 heteroatoms. The number of thioether (sulfide) groups is 2. The van der Waals surface area contributed by atoms with Crippen LogP contribution in [0.3, 0.4) is 0 Å². The van der Waals surface area contributed by atoms with Crippen LogP contribution in [0.1, 0.15) is 39.1 Å². The average molecular weight is 532 g/mol. The molecule has 4 rings (SSSR count). The summed E-state index contributed by atoms with van der Waals surface area (Å²) < 4.78 is 9.23. The Morgan fingerprint density at radius 3 is 2.60 bits per heavy atom. The lowest BCUT2D eigenvalue weighted by molar-refractivity contribution is -0.156. The third-order valence-electron chi connectivity index (χ3n) is 7.07. The molecule has 1 amide bonds. The first kappa shape index (κ1) is 26.1. The van der Waals surface area contributed by atoms with Gasteiger partial charge in [-0.15, -0.1) is 11.8 Å². The van der Waals surface area contributed by atoms with Crippen molar-refractivity contribution in [2.45, 2.75) is 69.6 Å². The summed E-state index contributed by atoms with van der Waals surface area (Å²) in [5.74, 6) is -0.189. The maximum Gasteiger partial charge on any atom is 0.354 e. The van der Waals surface area contributed by atoms with E-state index < -0.39 is 14.3 Å². The number of amides is 1. The first-order chi connectivity index (χ1) is 16.4. The van der Waals surface area contributed by atoms with Crippen LogP contribution in [0.4, 0.5) is 0 Å². The Morgan fingerprint density at radius 1 is 1.29 bits per heavy atom. The topological polar surface area (TPSA) is 84.7 Å². The standard InChI is InChI=1S/C25H33N3O4S2Si/c1-16(32-35(5,6)25(2,3)4)19-21(29)28-20(23(30)31)24(34-22(19)28)33-15-18-26-12-13-27(18)14-17-10-8-7-9-11-17/h7-13,16,19,22H,14-15H2,1-6H3,(H,30,31)/t16-,19+,22+/m0/s1. The molecule has 0 saturated carbocycles. The van der Waals surface area contributed by atoms with E-state index in [0.29, 0.717) is 16.5 Å². The summed E-state index contributed by atoms with van der Waals surface area (Å²) in [4.78, 5) is 31.2. The molecule has 7 nitrogen and oxygen atoms in total. The number of benzene rings is 1. The number of carboxylic acids is 1. The second-order valence-corrected chi connectivity index (χ2v) is 17.6. The lowest BCUT2D eigenvalue weighted by atomic mass is 9.92. The van der Waals surface area contributed by atoms with Crippen LogP contribution in [0.2, 0.25) is 18.1 Å². The van der Waals surface area contributed by atoms with Crippen molar-refractivity contribution in [1.29, 1.82) is 0 Å². The summed E-state index contributed by atoms with van der Waals surface area (Å²) in [6.07, 6.45) is 3.44. The molecule has 1 aromatic heterocycles. The van der Waals surface area contributed by atoms with Crippen LogP contribution in [0.15, 0.2) is 52.7 Å². The highest BCUT2D eigenvalue weighted by molar-refractivity contribution is 8.22. The smallest absolute Gasteiger partial charge is 0.354 e. The molecule has 0 bridgehead atoms. The monoisotopic (exact) mass is 531 g/mol. The molecule has 1 N–H and O–H groups in total. The van der Waals surface area contributed by atoms with Crippen LogP contribution in [-0.2, 0) is 26.3 Å². The van der Waals surface area contributed by atoms with E-state index in [0.717, 1.165) is 5.82 Å². The van der Waals surface area contributed by atoms with Gasteiger partial charge in [0.05, 0.1) is 22.0 Å². The van der Waals surface area contributed by atoms with Crippen LogP contribution in [0, 0.1) is 5.92 Å². The number of carbonyl (C=O) groups is 2. The predicted molar refractivity (Wildman–Crippen MR) is 143 cm³/mol. The molecular weight excluding hydrogens is 499 g/mol. The van der Waals surface area contributed by atoms with Crippen LogP contribution < -0.4 is 0 Å². The number of imidazole rings is 1. The lowest BCUT2D eigenvalue weighted by Crippen LogP contribution is -2.62. The van der Waals surface area contributed by atoms with Gasteiger partial charge in [0, 0.05) is 18.9 Å². The Kier molecular flexibility index (Phi) is 7.30. The van der Waals surface area contributed by atoms with Gasteiger partial charge in [-0.05, 0) is 30.6 Å². The summed E-state index contributed by atoms with van der Waals surface area (Å²) >= 11 is 2.90. The molecular formula is C25H33N3O4S2Si. The fraction of sp³-hybridized carbons (Fsp3) is 0.480. The third-order valence-corrected chi connectivity index (χ3v) is 14.3. The quantitative estimate of drug-likeness (QED) is 0.344. The van der Waals surface area contributed by atoms with Crippen LogP contribution in [0.25, 0.3) is 0 Å². The van der Waals surface area contributed by atoms with Gasteiger partial charge >= 0.3 is 5.97 Å². The first-order valence-electron chi connectivity index (χ1n) is 11.7. The summed E-state index contributed by atoms with van der Waals surface area (Å²) in [6.45, 7) is 13.5. The van der Waals surface area contributed by atoms with Crippen molar-refractivity contribution in [2.24, 2.45) is 5.92 Å². The highest BCUT2D eigenvalue weighted by Crippen LogP contribution is 2.55. The molecule has 1 aromatic carbocycles. The second kappa shape index (κ2) is 9.80. The van der Waals surface area contributed by atoms with E-state index in [4.69, 9.17) is 4.43 Å². The summed E-state index contributed by atoms with van der Waals surface area (Å²) in [7, 11) is -2.06. The van der Waals surface area contributed by atoms with Gasteiger partial charge in [-0.1, -0.05) is 62.9 Å². The molecule has 1 saturated heterocycles. The van der Waals surface area contributed by atoms with E-state index in [-0.39, 0.29) is 34.0 Å². The molecule has 2 aromatic rings. The van der Waals surface area contributed by atoms with E-state index >= 15 is 0 Å². The van der Waals surface area contributed by atoms with E-state index in [1.165, 1.54) is 34.0 Å². The van der Waals surface area contributed by atoms with Gasteiger partial charge in [-0.2, -0.15) is 0 Å². The highest BCUT2D eigenvalue weighted by Gasteiger charge is 2.59. The van der Waals surface area contributed by atoms with Crippen molar-refractivity contribution in [2.75, 3.05) is 0 Å². The molecule has 35 heavy (non-hydrogen) atoms. The Morgan fingerprint density at radius 2 is 1.97 bits per heavy atom. The summed E-state index contributed by atoms with van der Waals surface area (Å²) in [5.41, 5.74) is 1.26. The number of aromatic nitrogens is 2. The Bertz CT molecular complexity index is 1140. The van der Waals surface area contributed by atoms with Crippen molar-refractivity contribution in [3.8, 4) is 0 Å². The number of carbonyl (C=O) groups excluding carboxylic acids is 1. The summed E-state index contributed by atoms with van der Waals surface area (Å²) in [6, 6.07) is 10.1. The zero-order chi connectivity index (χ0) is 25.5. The van der Waals surface area contributed by atoms with Crippen molar-refractivity contribution in [1.82, 2.24) is 14.5 Å². The number of carboxylic acid groups (broad SMARTS) is 1. The maximum absolute atomic E-state index is 13.1. The van der Waals surface area contributed by atoms with Crippen LogP contribution in [0.5, 0.6) is 0 Å². The van der Waals surface area contributed by atoms with Crippen molar-refractivity contribution < 1.29 is 19.1 Å². The van der Waals surface area contributed by atoms with Crippen LogP contribution >= 0.6 is 23.5 Å². The van der Waals surface area contributed by atoms with Crippen molar-refractivity contribution >= 4 is 43.7 Å². The van der Waals surface area contributed by atoms with E-state index in [1.807, 2.05) is 31.3 Å². The maximum atomic E-state index is 13.1. The number of rotatable bonds is 9. The molecule has 3 atom stereocenters. The number of β-lactam (4-membered cyclic amide) rings is 1. The lowest BCUT2D eigenvalue weighted by Gasteiger charge is -2.48. The molecule has 188 valence electrons. The van der Waals surface area contributed by atoms with Gasteiger partial charge in [-0.25, -0.2) is 9.78 Å². The molecule has 2 aliphatic heterocycles. The van der Waals surface area contributed by atoms with Gasteiger partial charge in [0.15, 0.2) is 14.0 Å². The SMILES string of the molecule is C[C@H](O[Si](C)(C)C(C)(C)C)[C@@H]1C(=O)N2C(C(=O)O)=C(SCc3nccn3Cc3ccccc3)S[C@H]12. The minimum Gasteiger partial charge on any atom is -0.477 e. The summed E-state index contributed by atoms with van der Waals surface area (Å²) in [5, 5.41) is 9.72. The predicted octanol–water partition coefficient (Wildman–Crippen LogP) is 5.36. The van der Waals surface area contributed by atoms with Gasteiger partial charge < -0.3 is 14.1 Å². The zero-order valence-electron chi connectivity index (χ0n) is 21.0. The molecule has 3 heterocycles. The average Bonchev–Trinajstić information content (AvgIpc) is 3.33. The molecule has 0 spiro atoms. The molecule has 0 aliphatic carbocycles. The number of hydrogen-bond donors (Lipinski definition) is 1. The number of aliphatic carboxylic acids is 1. The minimum atomic E-state index is -2.06. The van der Waals surface area contributed by atoms with E-state index in [1.54, 1.807) is 6.20 Å². The van der Waals surface area contributed by atoms with Gasteiger partial charge in [0.2, 0.25) is 5.91 Å². The van der Waals surface area contributed by atoms with E-state index in [9.17, 15) is 14.7 Å². The zero-order valence-corrected chi connectivity index (χ0v) is 23.7. The Hall–Kier alpha value is -2.01. The fourth-order valence-electron chi connectivity index (χ4n) is 4.09. The second-order valence-electron chi connectivity index (χ2n) is 10.5.